The Morgan fingerprint density at radius 2 is 1.73 bits per heavy atom. The van der Waals surface area contributed by atoms with Gasteiger partial charge in [0.25, 0.3) is 0 Å². The zero-order chi connectivity index (χ0) is 21.3. The molecule has 1 aliphatic carbocycles. The maximum Gasteiger partial charge on any atom is 0.237 e. The number of methoxy groups -OCH3 is 1. The summed E-state index contributed by atoms with van der Waals surface area (Å²) in [6.45, 7) is 1.98. The van der Waals surface area contributed by atoms with Crippen molar-refractivity contribution in [1.29, 1.82) is 0 Å². The van der Waals surface area contributed by atoms with Crippen LogP contribution in [0.15, 0.2) is 48.5 Å². The zero-order valence-corrected chi connectivity index (χ0v) is 17.2. The van der Waals surface area contributed by atoms with Crippen LogP contribution in [-0.2, 0) is 9.59 Å². The summed E-state index contributed by atoms with van der Waals surface area (Å²) in [6.07, 6.45) is 2.50. The van der Waals surface area contributed by atoms with Crippen LogP contribution in [0.5, 0.6) is 11.5 Å². The number of carbonyl (C=O) groups excluding carboxylic acids is 3. The van der Waals surface area contributed by atoms with E-state index in [1.165, 1.54) is 4.90 Å². The molecule has 4 rings (SSSR count). The quantitative estimate of drug-likeness (QED) is 0.537. The first-order chi connectivity index (χ1) is 14.5. The van der Waals surface area contributed by atoms with Gasteiger partial charge in [-0.3, -0.25) is 14.4 Å². The predicted octanol–water partition coefficient (Wildman–Crippen LogP) is 3.88. The highest BCUT2D eigenvalue weighted by atomic mass is 16.5. The fourth-order valence-corrected chi connectivity index (χ4v) is 4.39. The number of fused-ring (bicyclic) bond motifs is 1. The van der Waals surface area contributed by atoms with Gasteiger partial charge in [0.05, 0.1) is 24.6 Å². The minimum Gasteiger partial charge on any atom is -0.497 e. The fourth-order valence-electron chi connectivity index (χ4n) is 4.39. The zero-order valence-electron chi connectivity index (χ0n) is 17.2. The Bertz CT molecular complexity index is 985. The van der Waals surface area contributed by atoms with Crippen LogP contribution in [0.25, 0.3) is 0 Å². The molecule has 0 radical (unpaired) electrons. The van der Waals surface area contributed by atoms with Crippen LogP contribution in [0.4, 0.5) is 5.69 Å². The molecule has 0 spiro atoms. The lowest BCUT2D eigenvalue weighted by Gasteiger charge is -2.25. The lowest BCUT2D eigenvalue weighted by molar-refractivity contribution is -0.122. The Balaban J connectivity index is 1.47. The maximum absolute atomic E-state index is 12.9. The number of rotatable bonds is 6. The normalized spacial score (nSPS) is 23.3. The van der Waals surface area contributed by atoms with Gasteiger partial charge in [-0.1, -0.05) is 25.1 Å². The van der Waals surface area contributed by atoms with Gasteiger partial charge in [-0.2, -0.15) is 0 Å². The molecule has 3 atom stereocenters. The van der Waals surface area contributed by atoms with E-state index >= 15 is 0 Å². The van der Waals surface area contributed by atoms with E-state index in [1.54, 1.807) is 55.6 Å². The smallest absolute Gasteiger partial charge is 0.237 e. The van der Waals surface area contributed by atoms with Gasteiger partial charge in [-0.15, -0.1) is 0 Å². The van der Waals surface area contributed by atoms with Gasteiger partial charge < -0.3 is 9.47 Å². The standard InChI is InChI=1S/C24H25NO5/c1-15-9-10-20-21(11-15)24(28)25(23(20)27)17-6-4-8-19(13-17)30-14-22(26)16-5-3-7-18(12-16)29-2/h3-8,12-13,15,20-21H,9-11,14H2,1-2H3/t15-,20-,21+/m0/s1. The number of nitrogens with zero attached hydrogens (tertiary/aromatic N) is 1. The number of benzene rings is 2. The maximum atomic E-state index is 12.9. The van der Waals surface area contributed by atoms with Gasteiger partial charge in [0.15, 0.2) is 12.4 Å². The summed E-state index contributed by atoms with van der Waals surface area (Å²) in [6, 6.07) is 13.7. The van der Waals surface area contributed by atoms with Crippen molar-refractivity contribution in [2.75, 3.05) is 18.6 Å². The summed E-state index contributed by atoms with van der Waals surface area (Å²) in [5.74, 6) is 0.626. The van der Waals surface area contributed by atoms with E-state index in [-0.39, 0.29) is 36.0 Å². The molecule has 1 saturated carbocycles. The number of Topliss-reactive ketones (excluding diaryl/α,β-unsaturated/α-hetero) is 1. The van der Waals surface area contributed by atoms with Crippen molar-refractivity contribution in [1.82, 2.24) is 0 Å². The molecule has 0 N–H and O–H groups in total. The number of ether oxygens (including phenoxy) is 2. The predicted molar refractivity (Wildman–Crippen MR) is 112 cm³/mol. The molecule has 2 aromatic carbocycles. The fraction of sp³-hybridized carbons (Fsp3) is 0.375. The van der Waals surface area contributed by atoms with Crippen molar-refractivity contribution in [3.05, 3.63) is 54.1 Å². The van der Waals surface area contributed by atoms with Crippen LogP contribution in [0.1, 0.15) is 36.5 Å². The van der Waals surface area contributed by atoms with Crippen LogP contribution in [0, 0.1) is 17.8 Å². The van der Waals surface area contributed by atoms with Crippen molar-refractivity contribution in [2.45, 2.75) is 26.2 Å². The molecule has 0 aromatic heterocycles. The summed E-state index contributed by atoms with van der Waals surface area (Å²) < 4.78 is 10.8. The highest BCUT2D eigenvalue weighted by molar-refractivity contribution is 6.22. The second kappa shape index (κ2) is 8.30. The Kier molecular flexibility index (Phi) is 5.57. The van der Waals surface area contributed by atoms with Crippen molar-refractivity contribution >= 4 is 23.3 Å². The van der Waals surface area contributed by atoms with E-state index in [0.717, 1.165) is 19.3 Å². The van der Waals surface area contributed by atoms with Gasteiger partial charge in [-0.05, 0) is 49.4 Å². The average Bonchev–Trinajstić information content (AvgIpc) is 3.01. The molecule has 1 saturated heterocycles. The SMILES string of the molecule is COc1cccc(C(=O)COc2cccc(N3C(=O)[C@H]4CC[C@H](C)C[C@H]4C3=O)c2)c1. The van der Waals surface area contributed by atoms with E-state index in [4.69, 9.17) is 9.47 Å². The van der Waals surface area contributed by atoms with E-state index in [1.807, 2.05) is 0 Å². The van der Waals surface area contributed by atoms with Gasteiger partial charge >= 0.3 is 0 Å². The molecule has 1 heterocycles. The second-order valence-corrected chi connectivity index (χ2v) is 8.08. The number of ketones is 1. The van der Waals surface area contributed by atoms with Crippen LogP contribution >= 0.6 is 0 Å². The molecular formula is C24H25NO5. The van der Waals surface area contributed by atoms with Crippen molar-refractivity contribution in [3.8, 4) is 11.5 Å². The first-order valence-corrected chi connectivity index (χ1v) is 10.3. The van der Waals surface area contributed by atoms with Gasteiger partial charge in [0.1, 0.15) is 11.5 Å². The summed E-state index contributed by atoms with van der Waals surface area (Å²) in [5.41, 5.74) is 0.993. The molecule has 2 aliphatic rings. The summed E-state index contributed by atoms with van der Waals surface area (Å²) >= 11 is 0. The van der Waals surface area contributed by atoms with Gasteiger partial charge in [0.2, 0.25) is 11.8 Å². The molecule has 30 heavy (non-hydrogen) atoms. The largest absolute Gasteiger partial charge is 0.497 e. The summed E-state index contributed by atoms with van der Waals surface area (Å²) in [4.78, 5) is 39.5. The topological polar surface area (TPSA) is 72.9 Å². The molecule has 0 bridgehead atoms. The van der Waals surface area contributed by atoms with Crippen LogP contribution in [-0.4, -0.2) is 31.3 Å². The van der Waals surface area contributed by atoms with Crippen molar-refractivity contribution in [3.63, 3.8) is 0 Å². The molecule has 1 aliphatic heterocycles. The number of amides is 2. The molecule has 156 valence electrons. The minimum atomic E-state index is -0.222. The van der Waals surface area contributed by atoms with Crippen LogP contribution in [0.2, 0.25) is 0 Å². The van der Waals surface area contributed by atoms with E-state index in [2.05, 4.69) is 6.92 Å². The molecular weight excluding hydrogens is 382 g/mol. The van der Waals surface area contributed by atoms with E-state index < -0.39 is 0 Å². The van der Waals surface area contributed by atoms with E-state index in [0.29, 0.717) is 28.7 Å². The lowest BCUT2D eigenvalue weighted by Crippen LogP contribution is -2.30. The van der Waals surface area contributed by atoms with Gasteiger partial charge in [0, 0.05) is 11.6 Å². The molecule has 2 amide bonds. The molecule has 6 heteroatoms. The molecule has 2 aromatic rings. The highest BCUT2D eigenvalue weighted by Crippen LogP contribution is 2.42. The third-order valence-electron chi connectivity index (χ3n) is 6.03. The Morgan fingerprint density at radius 1 is 1.00 bits per heavy atom. The number of carbonyl (C=O) groups is 3. The van der Waals surface area contributed by atoms with Gasteiger partial charge in [-0.25, -0.2) is 4.90 Å². The Labute approximate surface area is 175 Å². The lowest BCUT2D eigenvalue weighted by atomic mass is 9.76. The summed E-state index contributed by atoms with van der Waals surface area (Å²) in [7, 11) is 1.54. The number of anilines is 1. The average molecular weight is 407 g/mol. The summed E-state index contributed by atoms with van der Waals surface area (Å²) in [5, 5.41) is 0. The monoisotopic (exact) mass is 407 g/mol. The second-order valence-electron chi connectivity index (χ2n) is 8.08. The highest BCUT2D eigenvalue weighted by Gasteiger charge is 2.50. The number of hydrogen-bond donors (Lipinski definition) is 0. The minimum absolute atomic E-state index is 0.124. The van der Waals surface area contributed by atoms with Crippen molar-refractivity contribution in [2.24, 2.45) is 17.8 Å². The van der Waals surface area contributed by atoms with Crippen molar-refractivity contribution < 1.29 is 23.9 Å². The third-order valence-corrected chi connectivity index (χ3v) is 6.03. The third kappa shape index (κ3) is 3.82. The van der Waals surface area contributed by atoms with Crippen LogP contribution in [0.3, 0.4) is 0 Å². The number of hydrogen-bond acceptors (Lipinski definition) is 5. The molecule has 0 unspecified atom stereocenters. The first kappa shape index (κ1) is 20.1. The van der Waals surface area contributed by atoms with E-state index in [9.17, 15) is 14.4 Å². The number of imide groups is 1. The Morgan fingerprint density at radius 3 is 2.53 bits per heavy atom. The van der Waals surface area contributed by atoms with Crippen LogP contribution < -0.4 is 14.4 Å². The molecule has 6 nitrogen and oxygen atoms in total. The molecule has 2 fully saturated rings. The first-order valence-electron chi connectivity index (χ1n) is 10.3. The Hall–Kier alpha value is -3.15.